The van der Waals surface area contributed by atoms with E-state index >= 15 is 0 Å². The van der Waals surface area contributed by atoms with Crippen molar-refractivity contribution >= 4 is 23.9 Å². The SMILES string of the molecule is C1=Cc2cc3c(cc2Sc2ccccc21)CC(c1nnn[nH]1)C3. The number of aromatic amines is 1. The maximum atomic E-state index is 4.09. The summed E-state index contributed by atoms with van der Waals surface area (Å²) in [6, 6.07) is 13.2. The topological polar surface area (TPSA) is 54.5 Å². The Hall–Kier alpha value is -2.40. The lowest BCUT2D eigenvalue weighted by molar-refractivity contribution is 0.684. The first-order chi connectivity index (χ1) is 11.4. The predicted octanol–water partition coefficient (Wildman–Crippen LogP) is 3.72. The van der Waals surface area contributed by atoms with Gasteiger partial charge in [-0.15, -0.1) is 5.10 Å². The van der Waals surface area contributed by atoms with Gasteiger partial charge in [-0.3, -0.25) is 0 Å². The molecule has 1 aliphatic carbocycles. The fourth-order valence-corrected chi connectivity index (χ4v) is 4.51. The molecule has 0 bridgehead atoms. The molecule has 1 unspecified atom stereocenters. The molecule has 4 nitrogen and oxygen atoms in total. The highest BCUT2D eigenvalue weighted by atomic mass is 32.2. The van der Waals surface area contributed by atoms with Gasteiger partial charge < -0.3 is 0 Å². The fraction of sp³-hybridized carbons (Fsp3) is 0.167. The van der Waals surface area contributed by atoms with Crippen LogP contribution in [0.4, 0.5) is 0 Å². The van der Waals surface area contributed by atoms with E-state index in [1.54, 1.807) is 0 Å². The molecule has 3 aromatic rings. The molecule has 0 saturated carbocycles. The molecular formula is C18H14N4S. The Labute approximate surface area is 138 Å². The van der Waals surface area contributed by atoms with E-state index < -0.39 is 0 Å². The molecule has 2 aromatic carbocycles. The Kier molecular flexibility index (Phi) is 2.88. The van der Waals surface area contributed by atoms with Crippen LogP contribution in [0.25, 0.3) is 12.2 Å². The lowest BCUT2D eigenvalue weighted by Crippen LogP contribution is -2.00. The minimum Gasteiger partial charge on any atom is -0.243 e. The van der Waals surface area contributed by atoms with E-state index in [4.69, 9.17) is 0 Å². The molecule has 5 heteroatoms. The van der Waals surface area contributed by atoms with Gasteiger partial charge >= 0.3 is 0 Å². The molecule has 0 saturated heterocycles. The summed E-state index contributed by atoms with van der Waals surface area (Å²) in [6.45, 7) is 0. The van der Waals surface area contributed by atoms with Crippen molar-refractivity contribution < 1.29 is 0 Å². The van der Waals surface area contributed by atoms with E-state index in [-0.39, 0.29) is 0 Å². The monoisotopic (exact) mass is 318 g/mol. The minimum absolute atomic E-state index is 0.368. The molecule has 1 atom stereocenters. The lowest BCUT2D eigenvalue weighted by Gasteiger charge is -2.08. The first-order valence-electron chi connectivity index (χ1n) is 7.71. The van der Waals surface area contributed by atoms with Crippen LogP contribution in [0.2, 0.25) is 0 Å². The third-order valence-corrected chi connectivity index (χ3v) is 5.76. The maximum Gasteiger partial charge on any atom is 0.152 e. The van der Waals surface area contributed by atoms with E-state index in [0.717, 1.165) is 18.7 Å². The zero-order valence-corrected chi connectivity index (χ0v) is 13.2. The second-order valence-electron chi connectivity index (χ2n) is 6.02. The van der Waals surface area contributed by atoms with Crippen molar-refractivity contribution in [3.05, 3.63) is 64.5 Å². The number of rotatable bonds is 1. The Morgan fingerprint density at radius 3 is 2.65 bits per heavy atom. The van der Waals surface area contributed by atoms with E-state index in [1.165, 1.54) is 32.0 Å². The molecule has 0 radical (unpaired) electrons. The van der Waals surface area contributed by atoms with Crippen LogP contribution in [0.15, 0.2) is 46.2 Å². The van der Waals surface area contributed by atoms with E-state index in [9.17, 15) is 0 Å². The average Bonchev–Trinajstić information content (AvgIpc) is 3.19. The Morgan fingerprint density at radius 2 is 1.78 bits per heavy atom. The molecular weight excluding hydrogens is 304 g/mol. The van der Waals surface area contributed by atoms with Crippen LogP contribution in [0, 0.1) is 0 Å². The number of H-pyrrole nitrogens is 1. The van der Waals surface area contributed by atoms with Gasteiger partial charge in [0.1, 0.15) is 0 Å². The Bertz CT molecular complexity index is 915. The second-order valence-corrected chi connectivity index (χ2v) is 7.11. The quantitative estimate of drug-likeness (QED) is 0.581. The minimum atomic E-state index is 0.368. The van der Waals surface area contributed by atoms with Crippen LogP contribution in [-0.2, 0) is 12.8 Å². The van der Waals surface area contributed by atoms with Crippen LogP contribution >= 0.6 is 11.8 Å². The number of hydrogen-bond donors (Lipinski definition) is 1. The van der Waals surface area contributed by atoms with Gasteiger partial charge in [0.25, 0.3) is 0 Å². The number of fused-ring (bicyclic) bond motifs is 3. The highest BCUT2D eigenvalue weighted by molar-refractivity contribution is 7.99. The predicted molar refractivity (Wildman–Crippen MR) is 90.3 cm³/mol. The lowest BCUT2D eigenvalue weighted by atomic mass is 10.1. The molecule has 5 rings (SSSR count). The zero-order valence-electron chi connectivity index (χ0n) is 12.4. The summed E-state index contributed by atoms with van der Waals surface area (Å²) >= 11 is 1.86. The maximum absolute atomic E-state index is 4.09. The summed E-state index contributed by atoms with van der Waals surface area (Å²) in [5, 5.41) is 14.4. The van der Waals surface area contributed by atoms with Gasteiger partial charge in [-0.25, -0.2) is 5.10 Å². The summed E-state index contributed by atoms with van der Waals surface area (Å²) < 4.78 is 0. The van der Waals surface area contributed by atoms with Crippen LogP contribution in [0.1, 0.15) is 34.0 Å². The molecule has 0 fully saturated rings. The first-order valence-corrected chi connectivity index (χ1v) is 8.53. The summed E-state index contributed by atoms with van der Waals surface area (Å²) in [5.41, 5.74) is 5.44. The van der Waals surface area contributed by atoms with Crippen molar-refractivity contribution in [3.63, 3.8) is 0 Å². The molecule has 0 amide bonds. The van der Waals surface area contributed by atoms with Gasteiger partial charge in [-0.2, -0.15) is 0 Å². The van der Waals surface area contributed by atoms with Crippen molar-refractivity contribution in [2.75, 3.05) is 0 Å². The largest absolute Gasteiger partial charge is 0.243 e. The standard InChI is InChI=1S/C18H14N4S/c1-2-4-16-11(3-1)5-6-12-7-13-8-15(18-19-21-22-20-18)9-14(13)10-17(12)23-16/h1-7,10,15H,8-9H2,(H,19,20,21,22). The Morgan fingerprint density at radius 1 is 0.957 bits per heavy atom. The number of hydrogen-bond acceptors (Lipinski definition) is 4. The van der Waals surface area contributed by atoms with Crippen LogP contribution in [0.5, 0.6) is 0 Å². The third-order valence-electron chi connectivity index (χ3n) is 4.59. The molecule has 0 spiro atoms. The zero-order chi connectivity index (χ0) is 15.2. The molecule has 2 heterocycles. The average molecular weight is 318 g/mol. The molecule has 23 heavy (non-hydrogen) atoms. The molecule has 1 aromatic heterocycles. The number of nitrogens with one attached hydrogen (secondary N) is 1. The molecule has 1 N–H and O–H groups in total. The van der Waals surface area contributed by atoms with Crippen LogP contribution in [-0.4, -0.2) is 20.6 Å². The summed E-state index contributed by atoms with van der Waals surface area (Å²) in [6.07, 6.45) is 6.46. The number of aromatic nitrogens is 4. The normalized spacial score (nSPS) is 18.2. The first kappa shape index (κ1) is 13.1. The van der Waals surface area contributed by atoms with Crippen molar-refractivity contribution in [1.29, 1.82) is 0 Å². The number of benzene rings is 2. The smallest absolute Gasteiger partial charge is 0.152 e. The second kappa shape index (κ2) is 5.06. The summed E-state index contributed by atoms with van der Waals surface area (Å²) in [7, 11) is 0. The number of tetrazole rings is 1. The van der Waals surface area contributed by atoms with Crippen molar-refractivity contribution in [3.8, 4) is 0 Å². The van der Waals surface area contributed by atoms with Gasteiger partial charge in [0, 0.05) is 15.7 Å². The highest BCUT2D eigenvalue weighted by Gasteiger charge is 2.27. The van der Waals surface area contributed by atoms with E-state index in [1.807, 2.05) is 11.8 Å². The van der Waals surface area contributed by atoms with Crippen molar-refractivity contribution in [2.24, 2.45) is 0 Å². The fourth-order valence-electron chi connectivity index (χ4n) is 3.43. The summed E-state index contributed by atoms with van der Waals surface area (Å²) in [5.74, 6) is 1.26. The number of nitrogens with zero attached hydrogens (tertiary/aromatic N) is 3. The van der Waals surface area contributed by atoms with Gasteiger partial charge in [0.2, 0.25) is 0 Å². The van der Waals surface area contributed by atoms with Crippen LogP contribution < -0.4 is 0 Å². The summed E-state index contributed by atoms with van der Waals surface area (Å²) in [4.78, 5) is 2.65. The molecule has 1 aliphatic heterocycles. The highest BCUT2D eigenvalue weighted by Crippen LogP contribution is 2.41. The van der Waals surface area contributed by atoms with Crippen molar-refractivity contribution in [2.45, 2.75) is 28.6 Å². The Balaban J connectivity index is 1.54. The van der Waals surface area contributed by atoms with Crippen molar-refractivity contribution in [1.82, 2.24) is 20.6 Å². The van der Waals surface area contributed by atoms with Gasteiger partial charge in [0.15, 0.2) is 5.82 Å². The van der Waals surface area contributed by atoms with Crippen LogP contribution in [0.3, 0.4) is 0 Å². The molecule has 112 valence electrons. The van der Waals surface area contributed by atoms with Gasteiger partial charge in [0.05, 0.1) is 0 Å². The van der Waals surface area contributed by atoms with Gasteiger partial charge in [-0.05, 0) is 57.7 Å². The van der Waals surface area contributed by atoms with E-state index in [0.29, 0.717) is 5.92 Å². The molecule has 2 aliphatic rings. The third kappa shape index (κ3) is 2.19. The van der Waals surface area contributed by atoms with E-state index in [2.05, 4.69) is 69.2 Å². The van der Waals surface area contributed by atoms with Gasteiger partial charge in [-0.1, -0.05) is 48.2 Å².